The third-order valence-electron chi connectivity index (χ3n) is 3.88. The number of hydrogen-bond acceptors (Lipinski definition) is 5. The fourth-order valence-corrected chi connectivity index (χ4v) is 3.05. The summed E-state index contributed by atoms with van der Waals surface area (Å²) < 4.78 is 18.3. The first kappa shape index (κ1) is 16.1. The molecule has 0 amide bonds. The van der Waals surface area contributed by atoms with E-state index in [9.17, 15) is 14.0 Å². The van der Waals surface area contributed by atoms with Crippen LogP contribution in [0.2, 0.25) is 0 Å². The molecule has 3 rings (SSSR count). The van der Waals surface area contributed by atoms with Gasteiger partial charge in [0.25, 0.3) is 5.56 Å². The van der Waals surface area contributed by atoms with Gasteiger partial charge in [-0.3, -0.25) is 9.78 Å². The highest BCUT2D eigenvalue weighted by molar-refractivity contribution is 7.71. The average molecular weight is 347 g/mol. The van der Waals surface area contributed by atoms with Crippen molar-refractivity contribution in [3.8, 4) is 0 Å². The van der Waals surface area contributed by atoms with E-state index in [1.165, 1.54) is 31.4 Å². The molecule has 124 valence electrons. The first-order chi connectivity index (χ1) is 11.4. The Hall–Kier alpha value is -2.74. The van der Waals surface area contributed by atoms with Gasteiger partial charge in [0.15, 0.2) is 4.77 Å². The average Bonchev–Trinajstić information content (AvgIpc) is 2.53. The van der Waals surface area contributed by atoms with Gasteiger partial charge in [-0.25, -0.2) is 9.18 Å². The van der Waals surface area contributed by atoms with E-state index < -0.39 is 23.3 Å². The molecule has 2 heterocycles. The lowest BCUT2D eigenvalue weighted by atomic mass is 9.82. The van der Waals surface area contributed by atoms with Crippen LogP contribution in [0.4, 0.5) is 10.2 Å². The van der Waals surface area contributed by atoms with E-state index in [0.717, 1.165) is 0 Å². The number of ether oxygens (including phenoxy) is 1. The number of carbonyl (C=O) groups excluding carboxylic acids is 1. The molecule has 1 atom stereocenters. The Balaban J connectivity index is 2.31. The zero-order valence-corrected chi connectivity index (χ0v) is 13.7. The molecule has 1 aromatic heterocycles. The number of esters is 1. The van der Waals surface area contributed by atoms with Crippen molar-refractivity contribution >= 4 is 24.0 Å². The van der Waals surface area contributed by atoms with Crippen molar-refractivity contribution in [2.24, 2.45) is 0 Å². The molecule has 6 nitrogen and oxygen atoms in total. The Bertz CT molecular complexity index is 960. The van der Waals surface area contributed by atoms with Crippen LogP contribution in [0, 0.1) is 10.6 Å². The number of H-pyrrole nitrogens is 2. The Kier molecular flexibility index (Phi) is 4.06. The third-order valence-corrected chi connectivity index (χ3v) is 4.09. The van der Waals surface area contributed by atoms with Crippen molar-refractivity contribution in [2.45, 2.75) is 12.8 Å². The second kappa shape index (κ2) is 6.04. The molecule has 3 N–H and O–H groups in total. The summed E-state index contributed by atoms with van der Waals surface area (Å²) in [5.41, 5.74) is 1.27. The fraction of sp³-hybridized carbons (Fsp3) is 0.188. The molecule has 0 saturated carbocycles. The number of methoxy groups -OCH3 is 1. The lowest BCUT2D eigenvalue weighted by Crippen LogP contribution is -2.30. The normalized spacial score (nSPS) is 16.4. The summed E-state index contributed by atoms with van der Waals surface area (Å²) in [6.45, 7) is 1.70. The molecule has 0 bridgehead atoms. The third kappa shape index (κ3) is 2.65. The molecular formula is C16H14FN3O3S. The number of rotatable bonds is 2. The summed E-state index contributed by atoms with van der Waals surface area (Å²) in [4.78, 5) is 30.1. The quantitative estimate of drug-likeness (QED) is 0.574. The van der Waals surface area contributed by atoms with Gasteiger partial charge < -0.3 is 15.0 Å². The van der Waals surface area contributed by atoms with Crippen LogP contribution in [0.1, 0.15) is 24.0 Å². The van der Waals surface area contributed by atoms with Gasteiger partial charge in [0.05, 0.1) is 24.2 Å². The monoisotopic (exact) mass is 347 g/mol. The Morgan fingerprint density at radius 3 is 2.54 bits per heavy atom. The summed E-state index contributed by atoms with van der Waals surface area (Å²) in [5.74, 6) is -1.27. The van der Waals surface area contributed by atoms with Gasteiger partial charge in [-0.05, 0) is 36.8 Å². The van der Waals surface area contributed by atoms with E-state index in [1.807, 2.05) is 0 Å². The number of allylic oxidation sites excluding steroid dienone is 1. The van der Waals surface area contributed by atoms with E-state index in [0.29, 0.717) is 22.6 Å². The number of aromatic amines is 2. The first-order valence-electron chi connectivity index (χ1n) is 7.10. The molecule has 2 aromatic rings. The summed E-state index contributed by atoms with van der Waals surface area (Å²) in [5, 5.41) is 2.98. The maximum Gasteiger partial charge on any atom is 0.336 e. The highest BCUT2D eigenvalue weighted by Gasteiger charge is 2.35. The smallest absolute Gasteiger partial charge is 0.336 e. The first-order valence-corrected chi connectivity index (χ1v) is 7.51. The number of nitrogens with one attached hydrogen (secondary N) is 3. The lowest BCUT2D eigenvalue weighted by Gasteiger charge is -2.28. The second-order valence-electron chi connectivity index (χ2n) is 5.34. The minimum atomic E-state index is -0.704. The van der Waals surface area contributed by atoms with E-state index in [-0.39, 0.29) is 10.3 Å². The van der Waals surface area contributed by atoms with Crippen molar-refractivity contribution in [1.82, 2.24) is 9.97 Å². The van der Waals surface area contributed by atoms with Crippen LogP contribution < -0.4 is 10.9 Å². The molecule has 1 aliphatic heterocycles. The molecular weight excluding hydrogens is 333 g/mol. The summed E-state index contributed by atoms with van der Waals surface area (Å²) in [7, 11) is 1.27. The van der Waals surface area contributed by atoms with Crippen molar-refractivity contribution < 1.29 is 13.9 Å². The summed E-state index contributed by atoms with van der Waals surface area (Å²) in [6, 6.07) is 5.62. The minimum Gasteiger partial charge on any atom is -0.466 e. The topological polar surface area (TPSA) is 87.0 Å². The van der Waals surface area contributed by atoms with Crippen LogP contribution in [0.5, 0.6) is 0 Å². The van der Waals surface area contributed by atoms with Gasteiger partial charge in [0.2, 0.25) is 0 Å². The highest BCUT2D eigenvalue weighted by atomic mass is 32.1. The zero-order chi connectivity index (χ0) is 17.4. The SMILES string of the molecule is COC(=O)C1=C(C)Nc2[nH]c(=S)[nH]c(=O)c2C1c1ccc(F)cc1. The highest BCUT2D eigenvalue weighted by Crippen LogP contribution is 2.39. The van der Waals surface area contributed by atoms with E-state index in [1.54, 1.807) is 6.92 Å². The zero-order valence-electron chi connectivity index (χ0n) is 12.9. The van der Waals surface area contributed by atoms with Gasteiger partial charge in [-0.2, -0.15) is 0 Å². The van der Waals surface area contributed by atoms with Gasteiger partial charge in [-0.15, -0.1) is 0 Å². The van der Waals surface area contributed by atoms with Crippen LogP contribution in [0.15, 0.2) is 40.3 Å². The number of anilines is 1. The minimum absolute atomic E-state index is 0.165. The molecule has 8 heteroatoms. The van der Waals surface area contributed by atoms with Crippen LogP contribution >= 0.6 is 12.2 Å². The van der Waals surface area contributed by atoms with Crippen LogP contribution in [0.3, 0.4) is 0 Å². The molecule has 0 saturated heterocycles. The van der Waals surface area contributed by atoms with Gasteiger partial charge in [-0.1, -0.05) is 12.1 Å². The Morgan fingerprint density at radius 2 is 1.92 bits per heavy atom. The summed E-state index contributed by atoms with van der Waals surface area (Å²) in [6.07, 6.45) is 0. The maximum atomic E-state index is 13.3. The number of carbonyl (C=O) groups is 1. The van der Waals surface area contributed by atoms with Gasteiger partial charge in [0, 0.05) is 5.70 Å². The van der Waals surface area contributed by atoms with Crippen molar-refractivity contribution in [1.29, 1.82) is 0 Å². The van der Waals surface area contributed by atoms with E-state index in [2.05, 4.69) is 15.3 Å². The number of benzene rings is 1. The molecule has 24 heavy (non-hydrogen) atoms. The van der Waals surface area contributed by atoms with Crippen molar-refractivity contribution in [3.05, 3.63) is 67.6 Å². The lowest BCUT2D eigenvalue weighted by molar-refractivity contribution is -0.136. The van der Waals surface area contributed by atoms with Gasteiger partial charge >= 0.3 is 5.97 Å². The number of aromatic nitrogens is 2. The molecule has 0 aliphatic carbocycles. The number of halogens is 1. The Labute approximate surface area is 141 Å². The maximum absolute atomic E-state index is 13.3. The van der Waals surface area contributed by atoms with Crippen molar-refractivity contribution in [2.75, 3.05) is 12.4 Å². The number of fused-ring (bicyclic) bond motifs is 1. The molecule has 1 aromatic carbocycles. The van der Waals surface area contributed by atoms with Crippen molar-refractivity contribution in [3.63, 3.8) is 0 Å². The predicted octanol–water partition coefficient (Wildman–Crippen LogP) is 2.58. The summed E-state index contributed by atoms with van der Waals surface area (Å²) >= 11 is 4.99. The van der Waals surface area contributed by atoms with Crippen LogP contribution in [-0.4, -0.2) is 23.0 Å². The molecule has 0 spiro atoms. The fourth-order valence-electron chi connectivity index (χ4n) is 2.86. The standard InChI is InChI=1S/C16H14FN3O3S/c1-7-10(15(22)23-2)11(8-3-5-9(17)6-4-8)12-13(18-7)19-16(24)20-14(12)21/h3-6,11H,1-2H3,(H3,18,19,20,21,24). The molecule has 1 aliphatic rings. The molecule has 1 unspecified atom stereocenters. The molecule has 0 fully saturated rings. The van der Waals surface area contributed by atoms with Crippen LogP contribution in [-0.2, 0) is 9.53 Å². The number of hydrogen-bond donors (Lipinski definition) is 3. The largest absolute Gasteiger partial charge is 0.466 e. The second-order valence-corrected chi connectivity index (χ2v) is 5.74. The van der Waals surface area contributed by atoms with Crippen LogP contribution in [0.25, 0.3) is 0 Å². The predicted molar refractivity (Wildman–Crippen MR) is 88.8 cm³/mol. The Morgan fingerprint density at radius 1 is 1.25 bits per heavy atom. The van der Waals surface area contributed by atoms with E-state index in [4.69, 9.17) is 17.0 Å². The van der Waals surface area contributed by atoms with Gasteiger partial charge in [0.1, 0.15) is 11.6 Å². The molecule has 0 radical (unpaired) electrons. The van der Waals surface area contributed by atoms with E-state index >= 15 is 0 Å².